The Kier molecular flexibility index (Phi) is 13.5. The number of nitrogens with zero attached hydrogens (tertiary/aromatic N) is 11. The molecule has 21 nitrogen and oxygen atoms in total. The number of carbonyl (C=O) groups is 2. The van der Waals surface area contributed by atoms with E-state index in [1.165, 1.54) is 14.2 Å². The zero-order valence-electron chi connectivity index (χ0n) is 36.8. The minimum atomic E-state index is -1.17. The molecule has 2 aliphatic heterocycles. The minimum Gasteiger partial charge on any atom is -0.495 e. The average molecular weight is 886 g/mol. The van der Waals surface area contributed by atoms with Gasteiger partial charge in [0, 0.05) is 38.8 Å². The Hall–Kier alpha value is -6.39. The molecule has 3 atom stereocenters. The summed E-state index contributed by atoms with van der Waals surface area (Å²) in [5.74, 6) is 2.45. The number of benzene rings is 1. The Morgan fingerprint density at radius 2 is 1.77 bits per heavy atom. The molecule has 0 bridgehead atoms. The smallest absolute Gasteiger partial charge is 0.256 e. The normalized spacial score (nSPS) is 18.8. The standard InChI is InChI=1S/C42H56FN15O6/c1-6-31-40(60)55(3)32-20-46-41(51-36(32)58(31)26-9-7-8-10-26)49-29-12-11-25(19-33(29)61-4)38(59)45-13-15-63-17-18-64-16-14-57-23-30(39(53-57)62-5)48-35-34-37(54(2)24-47-34)52-42(50-35)56-21-27(43)28(44)22-56/h11-12,19-20,23-24,26-28,31H,6-10,13-18,21-22,44H2,1-5H3,(H,45,59)(H,46,49,51)(H,48,50,52)/t27-,28-,31-/m1/s1. The SMILES string of the molecule is CC[C@@H]1C(=O)N(C)c2cnc(Nc3ccc(C(=O)NCCOCCOCCn4cc(Nc5nc(N6C[C@@H](N)[C@H](F)C6)nc6c5ncn6C)c(OC)n4)cc3OC)nc2N1C1CCCC1. The molecule has 64 heavy (non-hydrogen) atoms. The molecular formula is C42H56FN15O6. The number of fused-ring (bicyclic) bond motifs is 2. The third kappa shape index (κ3) is 9.29. The molecule has 8 rings (SSSR count). The zero-order valence-corrected chi connectivity index (χ0v) is 36.8. The van der Waals surface area contributed by atoms with Crippen LogP contribution in [0.2, 0.25) is 0 Å². The van der Waals surface area contributed by atoms with Crippen molar-refractivity contribution in [3.8, 4) is 11.6 Å². The van der Waals surface area contributed by atoms with Crippen LogP contribution in [0.25, 0.3) is 11.2 Å². The molecule has 6 heterocycles. The van der Waals surface area contributed by atoms with Crippen LogP contribution in [-0.2, 0) is 27.9 Å². The van der Waals surface area contributed by atoms with Crippen LogP contribution >= 0.6 is 0 Å². The fourth-order valence-corrected chi connectivity index (χ4v) is 8.38. The van der Waals surface area contributed by atoms with E-state index >= 15 is 0 Å². The summed E-state index contributed by atoms with van der Waals surface area (Å²) >= 11 is 0. The number of halogens is 1. The Balaban J connectivity index is 0.780. The van der Waals surface area contributed by atoms with Gasteiger partial charge in [-0.15, -0.1) is 5.10 Å². The van der Waals surface area contributed by atoms with Gasteiger partial charge >= 0.3 is 0 Å². The summed E-state index contributed by atoms with van der Waals surface area (Å²) in [5, 5.41) is 13.9. The molecule has 1 saturated carbocycles. The lowest BCUT2D eigenvalue weighted by molar-refractivity contribution is -0.120. The molecule has 3 aliphatic rings. The first-order valence-corrected chi connectivity index (χ1v) is 21.6. The number of ether oxygens (including phenoxy) is 4. The maximum atomic E-state index is 14.3. The number of methoxy groups -OCH3 is 2. The lowest BCUT2D eigenvalue weighted by Gasteiger charge is -2.43. The molecule has 2 fully saturated rings. The first-order chi connectivity index (χ1) is 31.1. The van der Waals surface area contributed by atoms with E-state index < -0.39 is 12.2 Å². The van der Waals surface area contributed by atoms with Crippen molar-refractivity contribution in [3.63, 3.8) is 0 Å². The second kappa shape index (κ2) is 19.6. The van der Waals surface area contributed by atoms with Crippen LogP contribution in [0.5, 0.6) is 11.6 Å². The maximum absolute atomic E-state index is 14.3. The monoisotopic (exact) mass is 885 g/mol. The van der Waals surface area contributed by atoms with Crippen LogP contribution in [-0.4, -0.2) is 143 Å². The first kappa shape index (κ1) is 44.2. The lowest BCUT2D eigenvalue weighted by Crippen LogP contribution is -2.55. The summed E-state index contributed by atoms with van der Waals surface area (Å²) in [6.45, 7) is 4.48. The van der Waals surface area contributed by atoms with Gasteiger partial charge in [0.1, 0.15) is 29.3 Å². The second-order valence-electron chi connectivity index (χ2n) is 16.0. The van der Waals surface area contributed by atoms with Gasteiger partial charge in [-0.25, -0.2) is 14.4 Å². The molecule has 1 aliphatic carbocycles. The van der Waals surface area contributed by atoms with E-state index in [-0.39, 0.29) is 37.0 Å². The van der Waals surface area contributed by atoms with E-state index in [1.54, 1.807) is 63.0 Å². The number of anilines is 7. The molecule has 5 aromatic rings. The minimum absolute atomic E-state index is 0.0561. The van der Waals surface area contributed by atoms with Crippen molar-refractivity contribution in [2.24, 2.45) is 12.8 Å². The van der Waals surface area contributed by atoms with E-state index in [1.807, 2.05) is 14.0 Å². The fourth-order valence-electron chi connectivity index (χ4n) is 8.38. The Morgan fingerprint density at radius 3 is 2.50 bits per heavy atom. The van der Waals surface area contributed by atoms with E-state index in [4.69, 9.17) is 29.7 Å². The molecule has 4 aromatic heterocycles. The van der Waals surface area contributed by atoms with Gasteiger partial charge in [-0.2, -0.15) is 15.0 Å². The van der Waals surface area contributed by atoms with Crippen molar-refractivity contribution >= 4 is 63.6 Å². The van der Waals surface area contributed by atoms with Gasteiger partial charge in [-0.1, -0.05) is 19.8 Å². The molecule has 0 unspecified atom stereocenters. The van der Waals surface area contributed by atoms with Gasteiger partial charge in [0.05, 0.1) is 84.2 Å². The lowest BCUT2D eigenvalue weighted by atomic mass is 10.0. The van der Waals surface area contributed by atoms with Crippen LogP contribution in [0.15, 0.2) is 36.9 Å². The predicted molar refractivity (Wildman–Crippen MR) is 238 cm³/mol. The van der Waals surface area contributed by atoms with Gasteiger partial charge in [0.15, 0.2) is 22.8 Å². The van der Waals surface area contributed by atoms with Gasteiger partial charge in [0.25, 0.3) is 11.8 Å². The van der Waals surface area contributed by atoms with E-state index in [0.29, 0.717) is 109 Å². The number of hydrogen-bond acceptors (Lipinski definition) is 17. The number of rotatable bonds is 19. The quantitative estimate of drug-likeness (QED) is 0.0872. The predicted octanol–water partition coefficient (Wildman–Crippen LogP) is 3.31. The Bertz CT molecular complexity index is 2430. The number of aryl methyl sites for hydroxylation is 1. The molecule has 342 valence electrons. The van der Waals surface area contributed by atoms with Crippen LogP contribution in [0.4, 0.5) is 45.0 Å². The third-order valence-electron chi connectivity index (χ3n) is 11.8. The fraction of sp³-hybridized carbons (Fsp3) is 0.524. The highest BCUT2D eigenvalue weighted by atomic mass is 19.1. The van der Waals surface area contributed by atoms with Crippen LogP contribution in [0.1, 0.15) is 49.4 Å². The van der Waals surface area contributed by atoms with Crippen LogP contribution < -0.4 is 45.9 Å². The number of imidazole rings is 1. The van der Waals surface area contributed by atoms with Crippen LogP contribution in [0, 0.1) is 0 Å². The summed E-state index contributed by atoms with van der Waals surface area (Å²) in [6.07, 6.45) is 8.93. The second-order valence-corrected chi connectivity index (χ2v) is 16.0. The van der Waals surface area contributed by atoms with Crippen molar-refractivity contribution in [1.29, 1.82) is 0 Å². The molecule has 2 amide bonds. The summed E-state index contributed by atoms with van der Waals surface area (Å²) in [6, 6.07) is 4.47. The summed E-state index contributed by atoms with van der Waals surface area (Å²) in [5.41, 5.74) is 9.30. The van der Waals surface area contributed by atoms with Crippen LogP contribution in [0.3, 0.4) is 0 Å². The molecule has 5 N–H and O–H groups in total. The Morgan fingerprint density at radius 1 is 0.969 bits per heavy atom. The Labute approximate surface area is 369 Å². The largest absolute Gasteiger partial charge is 0.495 e. The highest BCUT2D eigenvalue weighted by molar-refractivity contribution is 6.04. The molecule has 1 aromatic carbocycles. The van der Waals surface area contributed by atoms with Crippen molar-refractivity contribution in [1.82, 2.24) is 44.6 Å². The van der Waals surface area contributed by atoms with Gasteiger partial charge in [0.2, 0.25) is 17.8 Å². The summed E-state index contributed by atoms with van der Waals surface area (Å²) in [7, 11) is 6.66. The zero-order chi connectivity index (χ0) is 44.9. The van der Waals surface area contributed by atoms with Gasteiger partial charge in [-0.3, -0.25) is 14.3 Å². The summed E-state index contributed by atoms with van der Waals surface area (Å²) in [4.78, 5) is 55.1. The van der Waals surface area contributed by atoms with Crippen molar-refractivity contribution in [2.75, 3.05) is 92.7 Å². The number of alkyl halides is 1. The number of amides is 2. The molecule has 22 heteroatoms. The molecule has 0 radical (unpaired) electrons. The topological polar surface area (TPSA) is 230 Å². The highest BCUT2D eigenvalue weighted by Gasteiger charge is 2.41. The number of aromatic nitrogens is 8. The number of nitrogens with two attached hydrogens (primary N) is 1. The first-order valence-electron chi connectivity index (χ1n) is 21.6. The number of likely N-dealkylation sites (N-methyl/N-ethyl adjacent to an activating group) is 1. The number of hydrogen-bond donors (Lipinski definition) is 4. The molecular weight excluding hydrogens is 830 g/mol. The number of carbonyl (C=O) groups excluding carboxylic acids is 2. The average Bonchev–Trinajstić information content (AvgIpc) is 4.12. The third-order valence-corrected chi connectivity index (χ3v) is 11.8. The van der Waals surface area contributed by atoms with Crippen molar-refractivity contribution < 1.29 is 32.9 Å². The number of nitrogens with one attached hydrogen (secondary N) is 3. The van der Waals surface area contributed by atoms with E-state index in [9.17, 15) is 14.0 Å². The van der Waals surface area contributed by atoms with Gasteiger partial charge < -0.3 is 59.9 Å². The maximum Gasteiger partial charge on any atom is 0.256 e. The van der Waals surface area contributed by atoms with Crippen molar-refractivity contribution in [2.45, 2.75) is 69.9 Å². The summed E-state index contributed by atoms with van der Waals surface area (Å²) < 4.78 is 40.4. The van der Waals surface area contributed by atoms with E-state index in [2.05, 4.69) is 45.9 Å². The highest BCUT2D eigenvalue weighted by Crippen LogP contribution is 2.40. The van der Waals surface area contributed by atoms with E-state index in [0.717, 1.165) is 31.5 Å². The van der Waals surface area contributed by atoms with Gasteiger partial charge in [-0.05, 0) is 37.5 Å². The molecule has 0 spiro atoms. The van der Waals surface area contributed by atoms with Crippen molar-refractivity contribution in [3.05, 3.63) is 42.5 Å². The molecule has 1 saturated heterocycles.